The lowest BCUT2D eigenvalue weighted by atomic mass is 9.63. The van der Waals surface area contributed by atoms with Gasteiger partial charge in [-0.15, -0.1) is 0 Å². The fourth-order valence-corrected chi connectivity index (χ4v) is 7.11. The van der Waals surface area contributed by atoms with Crippen LogP contribution in [0.2, 0.25) is 0 Å². The molecule has 32 heavy (non-hydrogen) atoms. The number of rotatable bonds is 6. The summed E-state index contributed by atoms with van der Waals surface area (Å²) in [5.74, 6) is 1.18. The molecule has 4 atom stereocenters. The smallest absolute Gasteiger partial charge is 0.0367 e. The minimum absolute atomic E-state index is 0.400. The zero-order valence-corrected chi connectivity index (χ0v) is 18.8. The maximum absolute atomic E-state index is 4.09. The molecule has 1 N–H and O–H groups in total. The first-order valence-corrected chi connectivity index (χ1v) is 12.5. The number of hydrogen-bond acceptors (Lipinski definition) is 2. The van der Waals surface area contributed by atoms with Crippen LogP contribution in [0.3, 0.4) is 0 Å². The van der Waals surface area contributed by atoms with Gasteiger partial charge in [0, 0.05) is 36.6 Å². The van der Waals surface area contributed by atoms with E-state index in [1.54, 1.807) is 0 Å². The Labute approximate surface area is 192 Å². The van der Waals surface area contributed by atoms with E-state index in [9.17, 15) is 0 Å². The van der Waals surface area contributed by atoms with Gasteiger partial charge in [-0.1, -0.05) is 97.4 Å². The maximum Gasteiger partial charge on any atom is 0.0367 e. The zero-order chi connectivity index (χ0) is 21.3. The van der Waals surface area contributed by atoms with Crippen LogP contribution in [-0.4, -0.2) is 29.1 Å². The quantitative estimate of drug-likeness (QED) is 0.525. The standard InChI is InChI=1S/C30H34N2/c1-4-11-22(12-5-1)21-31-29-25-19-26-17-10-18-27(20-25)32(26)30(29)28(23-13-6-2-7-14-23)24-15-8-3-9-16-24/h1-9,11-16,25-31H,10,17-21H2/t25?,26?,27?,29?,30-/m0/s1. The highest BCUT2D eigenvalue weighted by molar-refractivity contribution is 5.36. The van der Waals surface area contributed by atoms with Gasteiger partial charge in [-0.2, -0.15) is 0 Å². The molecule has 3 unspecified atom stereocenters. The topological polar surface area (TPSA) is 15.3 Å². The number of hydrogen-bond donors (Lipinski definition) is 1. The van der Waals surface area contributed by atoms with Crippen LogP contribution >= 0.6 is 0 Å². The summed E-state index contributed by atoms with van der Waals surface area (Å²) in [6.07, 6.45) is 6.91. The van der Waals surface area contributed by atoms with Gasteiger partial charge in [0.25, 0.3) is 0 Å². The predicted molar refractivity (Wildman–Crippen MR) is 132 cm³/mol. The van der Waals surface area contributed by atoms with Crippen molar-refractivity contribution in [2.45, 2.75) is 68.7 Å². The van der Waals surface area contributed by atoms with E-state index in [1.165, 1.54) is 48.8 Å². The second-order valence-electron chi connectivity index (χ2n) is 10.1. The summed E-state index contributed by atoms with van der Waals surface area (Å²) in [5, 5.41) is 4.09. The molecule has 3 aromatic carbocycles. The summed E-state index contributed by atoms with van der Waals surface area (Å²) in [6, 6.07) is 36.1. The highest BCUT2D eigenvalue weighted by Crippen LogP contribution is 2.50. The van der Waals surface area contributed by atoms with E-state index >= 15 is 0 Å². The van der Waals surface area contributed by atoms with Crippen LogP contribution in [0.1, 0.15) is 54.7 Å². The fraction of sp³-hybridized carbons (Fsp3) is 0.400. The molecule has 4 saturated heterocycles. The van der Waals surface area contributed by atoms with Crippen molar-refractivity contribution in [3.63, 3.8) is 0 Å². The minimum Gasteiger partial charge on any atom is -0.308 e. The summed E-state index contributed by atoms with van der Waals surface area (Å²) >= 11 is 0. The van der Waals surface area contributed by atoms with E-state index in [4.69, 9.17) is 0 Å². The monoisotopic (exact) mass is 422 g/mol. The van der Waals surface area contributed by atoms with E-state index in [0.717, 1.165) is 24.5 Å². The summed E-state index contributed by atoms with van der Waals surface area (Å²) < 4.78 is 0. The second-order valence-corrected chi connectivity index (χ2v) is 10.1. The van der Waals surface area contributed by atoms with E-state index in [-0.39, 0.29) is 0 Å². The van der Waals surface area contributed by atoms with Gasteiger partial charge in [-0.3, -0.25) is 4.90 Å². The average molecular weight is 423 g/mol. The Morgan fingerprint density at radius 1 is 0.719 bits per heavy atom. The molecular weight excluding hydrogens is 388 g/mol. The predicted octanol–water partition coefficient (Wildman–Crippen LogP) is 5.99. The van der Waals surface area contributed by atoms with Gasteiger partial charge in [-0.25, -0.2) is 0 Å². The number of benzene rings is 3. The second kappa shape index (κ2) is 8.84. The third-order valence-electron chi connectivity index (χ3n) is 8.33. The number of nitrogens with one attached hydrogen (secondary N) is 1. The lowest BCUT2D eigenvalue weighted by molar-refractivity contribution is -0.101. The van der Waals surface area contributed by atoms with Crippen molar-refractivity contribution in [2.75, 3.05) is 0 Å². The van der Waals surface area contributed by atoms with Crippen molar-refractivity contribution < 1.29 is 0 Å². The lowest BCUT2D eigenvalue weighted by Crippen LogP contribution is -2.71. The number of nitrogens with zero attached hydrogens (tertiary/aromatic N) is 1. The average Bonchev–Trinajstić information content (AvgIpc) is 2.85. The molecule has 0 aliphatic carbocycles. The molecule has 2 nitrogen and oxygen atoms in total. The summed E-state index contributed by atoms with van der Waals surface area (Å²) in [5.41, 5.74) is 4.31. The normalized spacial score (nSPS) is 31.0. The van der Waals surface area contributed by atoms with Crippen molar-refractivity contribution in [2.24, 2.45) is 5.92 Å². The Morgan fingerprint density at radius 3 is 1.81 bits per heavy atom. The maximum atomic E-state index is 4.09. The molecule has 4 aliphatic rings. The van der Waals surface area contributed by atoms with Crippen molar-refractivity contribution in [1.82, 2.24) is 10.2 Å². The summed E-state index contributed by atoms with van der Waals surface area (Å²) in [4.78, 5) is 2.98. The zero-order valence-electron chi connectivity index (χ0n) is 18.8. The van der Waals surface area contributed by atoms with Gasteiger partial charge < -0.3 is 5.32 Å². The van der Waals surface area contributed by atoms with Crippen LogP contribution in [0.15, 0.2) is 91.0 Å². The molecule has 4 fully saturated rings. The van der Waals surface area contributed by atoms with Gasteiger partial charge in [0.2, 0.25) is 0 Å². The molecular formula is C30H34N2. The Morgan fingerprint density at radius 2 is 1.25 bits per heavy atom. The summed E-state index contributed by atoms with van der Waals surface area (Å²) in [7, 11) is 0. The molecule has 2 heteroatoms. The number of fused-ring (bicyclic) bond motifs is 1. The van der Waals surface area contributed by atoms with Gasteiger partial charge in [0.15, 0.2) is 0 Å². The fourth-order valence-electron chi connectivity index (χ4n) is 7.11. The third kappa shape index (κ3) is 3.70. The highest BCUT2D eigenvalue weighted by Gasteiger charge is 2.54. The van der Waals surface area contributed by atoms with Crippen LogP contribution in [-0.2, 0) is 6.54 Å². The first-order valence-electron chi connectivity index (χ1n) is 12.5. The van der Waals surface area contributed by atoms with Crippen LogP contribution in [0.4, 0.5) is 0 Å². The highest BCUT2D eigenvalue weighted by atomic mass is 15.3. The van der Waals surface area contributed by atoms with Crippen molar-refractivity contribution in [3.05, 3.63) is 108 Å². The Balaban J connectivity index is 1.41. The summed E-state index contributed by atoms with van der Waals surface area (Å²) in [6.45, 7) is 0.956. The van der Waals surface area contributed by atoms with Crippen molar-refractivity contribution >= 4 is 0 Å². The molecule has 0 spiro atoms. The first kappa shape index (κ1) is 20.2. The van der Waals surface area contributed by atoms with E-state index in [2.05, 4.69) is 101 Å². The van der Waals surface area contributed by atoms with Gasteiger partial charge in [0.1, 0.15) is 0 Å². The number of piperidine rings is 4. The van der Waals surface area contributed by atoms with Crippen LogP contribution < -0.4 is 5.32 Å². The van der Waals surface area contributed by atoms with E-state index < -0.39 is 0 Å². The minimum atomic E-state index is 0.400. The lowest BCUT2D eigenvalue weighted by Gasteiger charge is -2.63. The molecule has 0 aromatic heterocycles. The van der Waals surface area contributed by atoms with Gasteiger partial charge in [0.05, 0.1) is 0 Å². The molecule has 3 aromatic rings. The Hall–Kier alpha value is -2.42. The van der Waals surface area contributed by atoms with Crippen LogP contribution in [0, 0.1) is 5.92 Å². The molecule has 0 saturated carbocycles. The largest absolute Gasteiger partial charge is 0.308 e. The molecule has 0 amide bonds. The molecule has 4 aliphatic heterocycles. The molecule has 0 radical (unpaired) electrons. The Bertz CT molecular complexity index is 949. The molecule has 164 valence electrons. The first-order chi connectivity index (χ1) is 15.9. The van der Waals surface area contributed by atoms with Gasteiger partial charge in [-0.05, 0) is 48.3 Å². The van der Waals surface area contributed by atoms with Crippen LogP contribution in [0.5, 0.6) is 0 Å². The van der Waals surface area contributed by atoms with Crippen molar-refractivity contribution in [3.8, 4) is 0 Å². The Kier molecular flexibility index (Phi) is 5.58. The van der Waals surface area contributed by atoms with E-state index in [1.807, 2.05) is 0 Å². The molecule has 7 rings (SSSR count). The molecule has 4 heterocycles. The van der Waals surface area contributed by atoms with Crippen LogP contribution in [0.25, 0.3) is 0 Å². The SMILES string of the molecule is c1ccc(CNC2C3CC4CCCC(C3)N4[C@H]2C(c2ccccc2)c2ccccc2)cc1. The van der Waals surface area contributed by atoms with Crippen molar-refractivity contribution in [1.29, 1.82) is 0 Å². The van der Waals surface area contributed by atoms with Gasteiger partial charge >= 0.3 is 0 Å². The van der Waals surface area contributed by atoms with E-state index in [0.29, 0.717) is 18.0 Å². The third-order valence-corrected chi connectivity index (χ3v) is 8.33. The molecule has 4 bridgehead atoms.